The van der Waals surface area contributed by atoms with Gasteiger partial charge in [-0.25, -0.2) is 0 Å². The van der Waals surface area contributed by atoms with Gasteiger partial charge in [0.15, 0.2) is 0 Å². The lowest BCUT2D eigenvalue weighted by Gasteiger charge is -2.07. The average molecular weight is 353 g/mol. The molecule has 3 rings (SSSR count). The Bertz CT molecular complexity index is 928. The molecule has 6 heteroatoms. The van der Waals surface area contributed by atoms with E-state index >= 15 is 0 Å². The van der Waals surface area contributed by atoms with Crippen LogP contribution < -0.4 is 10.2 Å². The van der Waals surface area contributed by atoms with Gasteiger partial charge in [-0.1, -0.05) is 47.2 Å². The minimum atomic E-state index is -0.243. The highest BCUT2D eigenvalue weighted by atomic mass is 32.1. The zero-order valence-corrected chi connectivity index (χ0v) is 15.0. The summed E-state index contributed by atoms with van der Waals surface area (Å²) < 4.78 is 1.64. The van der Waals surface area contributed by atoms with E-state index in [0.717, 1.165) is 22.6 Å². The van der Waals surface area contributed by atoms with Crippen molar-refractivity contribution in [2.45, 2.75) is 26.9 Å². The van der Waals surface area contributed by atoms with Gasteiger partial charge in [0.1, 0.15) is 4.88 Å². The molecule has 128 valence electrons. The monoisotopic (exact) mass is 353 g/mol. The summed E-state index contributed by atoms with van der Waals surface area (Å²) in [5.74, 6) is -0.243. The maximum atomic E-state index is 12.4. The Labute approximate surface area is 150 Å². The van der Waals surface area contributed by atoms with Crippen molar-refractivity contribution in [1.82, 2.24) is 14.9 Å². The van der Waals surface area contributed by atoms with Crippen LogP contribution in [-0.4, -0.2) is 15.5 Å². The zero-order valence-electron chi connectivity index (χ0n) is 14.2. The van der Waals surface area contributed by atoms with E-state index < -0.39 is 0 Å². The van der Waals surface area contributed by atoms with Crippen LogP contribution >= 0.6 is 11.3 Å². The number of amides is 1. The van der Waals surface area contributed by atoms with E-state index in [4.69, 9.17) is 0 Å². The van der Waals surface area contributed by atoms with Crippen LogP contribution in [0, 0.1) is 13.8 Å². The fourth-order valence-corrected chi connectivity index (χ4v) is 3.41. The number of hydrogen-bond donors (Lipinski definition) is 1. The molecule has 0 saturated heterocycles. The maximum absolute atomic E-state index is 12.4. The number of thiazole rings is 1. The van der Waals surface area contributed by atoms with Crippen LogP contribution in [0.1, 0.15) is 32.2 Å². The molecule has 0 bridgehead atoms. The van der Waals surface area contributed by atoms with Gasteiger partial charge in [0, 0.05) is 11.9 Å². The van der Waals surface area contributed by atoms with Gasteiger partial charge in [-0.05, 0) is 31.5 Å². The summed E-state index contributed by atoms with van der Waals surface area (Å²) in [6.45, 7) is 4.63. The van der Waals surface area contributed by atoms with E-state index in [-0.39, 0.29) is 10.8 Å². The van der Waals surface area contributed by atoms with Crippen molar-refractivity contribution in [3.63, 3.8) is 0 Å². The lowest BCUT2D eigenvalue weighted by Crippen LogP contribution is -2.23. The Morgan fingerprint density at radius 3 is 2.60 bits per heavy atom. The minimum absolute atomic E-state index is 0.124. The Hall–Kier alpha value is -2.73. The minimum Gasteiger partial charge on any atom is -0.346 e. The van der Waals surface area contributed by atoms with Gasteiger partial charge in [0.05, 0.1) is 18.8 Å². The van der Waals surface area contributed by atoms with Gasteiger partial charge in [-0.3, -0.25) is 19.1 Å². The first-order valence-electron chi connectivity index (χ1n) is 7.98. The summed E-state index contributed by atoms with van der Waals surface area (Å²) in [6, 6.07) is 13.6. The summed E-state index contributed by atoms with van der Waals surface area (Å²) in [6.07, 6.45) is 1.68. The summed E-state index contributed by atoms with van der Waals surface area (Å²) in [7, 11) is 0. The molecule has 5 nitrogen and oxygen atoms in total. The Morgan fingerprint density at radius 2 is 1.92 bits per heavy atom. The number of rotatable bonds is 5. The largest absolute Gasteiger partial charge is 0.346 e. The Balaban J connectivity index is 1.75. The van der Waals surface area contributed by atoms with E-state index in [1.165, 1.54) is 5.56 Å². The SMILES string of the molecule is Cc1ccc(Cn2c(C)c(C(=O)NCc3ccccn3)sc2=O)cc1. The summed E-state index contributed by atoms with van der Waals surface area (Å²) in [5, 5.41) is 2.82. The van der Waals surface area contributed by atoms with Gasteiger partial charge < -0.3 is 5.32 Å². The number of aromatic nitrogens is 2. The van der Waals surface area contributed by atoms with Crippen molar-refractivity contribution >= 4 is 17.2 Å². The molecule has 2 aromatic heterocycles. The average Bonchev–Trinajstić information content (AvgIpc) is 2.90. The van der Waals surface area contributed by atoms with Crippen LogP contribution in [0.2, 0.25) is 0 Å². The van der Waals surface area contributed by atoms with Gasteiger partial charge >= 0.3 is 4.87 Å². The number of nitrogens with zero attached hydrogens (tertiary/aromatic N) is 2. The fourth-order valence-electron chi connectivity index (χ4n) is 2.50. The van der Waals surface area contributed by atoms with Gasteiger partial charge in [0.2, 0.25) is 0 Å². The molecule has 2 heterocycles. The number of pyridine rings is 1. The molecule has 1 N–H and O–H groups in total. The fraction of sp³-hybridized carbons (Fsp3) is 0.211. The molecule has 0 atom stereocenters. The third-order valence-electron chi connectivity index (χ3n) is 3.97. The molecule has 3 aromatic rings. The third-order valence-corrected chi connectivity index (χ3v) is 5.05. The maximum Gasteiger partial charge on any atom is 0.308 e. The van der Waals surface area contributed by atoms with Crippen molar-refractivity contribution in [3.8, 4) is 0 Å². The molecule has 0 unspecified atom stereocenters. The lowest BCUT2D eigenvalue weighted by molar-refractivity contribution is 0.0953. The van der Waals surface area contributed by atoms with Crippen molar-refractivity contribution in [1.29, 1.82) is 0 Å². The van der Waals surface area contributed by atoms with Gasteiger partial charge in [-0.2, -0.15) is 0 Å². The Kier molecular flexibility index (Phi) is 5.09. The second-order valence-electron chi connectivity index (χ2n) is 5.86. The smallest absolute Gasteiger partial charge is 0.308 e. The summed E-state index contributed by atoms with van der Waals surface area (Å²) >= 11 is 0.982. The molecule has 0 aliphatic rings. The molecule has 25 heavy (non-hydrogen) atoms. The van der Waals surface area contributed by atoms with E-state index in [2.05, 4.69) is 10.3 Å². The molecular weight excluding hydrogens is 334 g/mol. The highest BCUT2D eigenvalue weighted by molar-refractivity contribution is 7.11. The lowest BCUT2D eigenvalue weighted by atomic mass is 10.1. The van der Waals surface area contributed by atoms with Crippen LogP contribution in [0.15, 0.2) is 53.5 Å². The Morgan fingerprint density at radius 1 is 1.16 bits per heavy atom. The second kappa shape index (κ2) is 7.44. The number of nitrogens with one attached hydrogen (secondary N) is 1. The van der Waals surface area contributed by atoms with Gasteiger partial charge in [0.25, 0.3) is 5.91 Å². The predicted molar refractivity (Wildman–Crippen MR) is 99.0 cm³/mol. The standard InChI is InChI=1S/C19H19N3O2S/c1-13-6-8-15(9-7-13)12-22-14(2)17(25-19(22)24)18(23)21-11-16-5-3-4-10-20-16/h3-10H,11-12H2,1-2H3,(H,21,23). The number of aryl methyl sites for hydroxylation is 1. The van der Waals surface area contributed by atoms with E-state index in [0.29, 0.717) is 23.7 Å². The van der Waals surface area contributed by atoms with Crippen LogP contribution in [-0.2, 0) is 13.1 Å². The molecule has 0 aliphatic carbocycles. The van der Waals surface area contributed by atoms with Crippen molar-refractivity contribution < 1.29 is 4.79 Å². The van der Waals surface area contributed by atoms with Crippen LogP contribution in [0.4, 0.5) is 0 Å². The summed E-state index contributed by atoms with van der Waals surface area (Å²) in [4.78, 5) is 29.2. The summed E-state index contributed by atoms with van der Waals surface area (Å²) in [5.41, 5.74) is 3.68. The van der Waals surface area contributed by atoms with E-state index in [1.54, 1.807) is 10.8 Å². The molecule has 0 spiro atoms. The third kappa shape index (κ3) is 4.03. The molecular formula is C19H19N3O2S. The topological polar surface area (TPSA) is 64.0 Å². The first-order chi connectivity index (χ1) is 12.0. The number of hydrogen-bond acceptors (Lipinski definition) is 4. The van der Waals surface area contributed by atoms with E-state index in [9.17, 15) is 9.59 Å². The number of carbonyl (C=O) groups is 1. The molecule has 0 radical (unpaired) electrons. The van der Waals surface area contributed by atoms with Crippen molar-refractivity contribution in [3.05, 3.63) is 85.7 Å². The molecule has 0 fully saturated rings. The molecule has 0 aliphatic heterocycles. The second-order valence-corrected chi connectivity index (χ2v) is 6.82. The highest BCUT2D eigenvalue weighted by Crippen LogP contribution is 2.14. The van der Waals surface area contributed by atoms with Crippen LogP contribution in [0.5, 0.6) is 0 Å². The van der Waals surface area contributed by atoms with Crippen molar-refractivity contribution in [2.24, 2.45) is 0 Å². The van der Waals surface area contributed by atoms with Crippen LogP contribution in [0.3, 0.4) is 0 Å². The van der Waals surface area contributed by atoms with E-state index in [1.807, 2.05) is 56.3 Å². The first-order valence-corrected chi connectivity index (χ1v) is 8.80. The zero-order chi connectivity index (χ0) is 17.8. The molecule has 0 saturated carbocycles. The van der Waals surface area contributed by atoms with Gasteiger partial charge in [-0.15, -0.1) is 0 Å². The normalized spacial score (nSPS) is 10.6. The highest BCUT2D eigenvalue weighted by Gasteiger charge is 2.17. The number of carbonyl (C=O) groups excluding carboxylic acids is 1. The molecule has 1 amide bonds. The first kappa shape index (κ1) is 17.1. The predicted octanol–water partition coefficient (Wildman–Crippen LogP) is 2.90. The van der Waals surface area contributed by atoms with Crippen LogP contribution in [0.25, 0.3) is 0 Å². The quantitative estimate of drug-likeness (QED) is 0.767. The molecule has 1 aromatic carbocycles. The number of benzene rings is 1. The van der Waals surface area contributed by atoms with Crippen molar-refractivity contribution in [2.75, 3.05) is 0 Å².